The Morgan fingerprint density at radius 1 is 0.886 bits per heavy atom. The van der Waals surface area contributed by atoms with Crippen molar-refractivity contribution >= 4 is 67.8 Å². The predicted molar refractivity (Wildman–Crippen MR) is 146 cm³/mol. The van der Waals surface area contributed by atoms with Crippen LogP contribution in [0.4, 0.5) is 5.69 Å². The average molecular weight is 571 g/mol. The van der Waals surface area contributed by atoms with Crippen LogP contribution in [0.5, 0.6) is 0 Å². The third kappa shape index (κ3) is 5.48. The molecule has 1 aliphatic heterocycles. The molecule has 0 saturated carbocycles. The number of nitrogens with zero attached hydrogens (tertiary/aromatic N) is 2. The number of anilines is 1. The maximum atomic E-state index is 13.1. The van der Waals surface area contributed by atoms with E-state index in [-0.39, 0.29) is 23.4 Å². The molecular weight excluding hydrogens is 548 g/mol. The average Bonchev–Trinajstić information content (AvgIpc) is 3.11. The quantitative estimate of drug-likeness (QED) is 0.335. The molecule has 5 nitrogen and oxygen atoms in total. The first-order valence-corrected chi connectivity index (χ1v) is 13.8. The van der Waals surface area contributed by atoms with Gasteiger partial charge in [0.25, 0.3) is 0 Å². The maximum Gasteiger partial charge on any atom is 0.241 e. The molecule has 1 heterocycles. The Labute approximate surface area is 225 Å². The molecule has 0 unspecified atom stereocenters. The van der Waals surface area contributed by atoms with Gasteiger partial charge < -0.3 is 0 Å². The summed E-state index contributed by atoms with van der Waals surface area (Å²) in [5.74, 6) is -0.126. The zero-order valence-electron chi connectivity index (χ0n) is 19.2. The normalized spacial score (nSPS) is 18.1. The lowest BCUT2D eigenvalue weighted by atomic mass is 9.91. The van der Waals surface area contributed by atoms with E-state index in [1.165, 1.54) is 0 Å². The van der Waals surface area contributed by atoms with E-state index in [2.05, 4.69) is 4.72 Å². The van der Waals surface area contributed by atoms with E-state index in [1.54, 1.807) is 44.2 Å². The Morgan fingerprint density at radius 3 is 2.20 bits per heavy atom. The SMILES string of the molecule is Cc1cc(S(=O)(=O)NCC2=NN(c3ccc(Cl)cc3Cl)[C@H](c3ccc(Cl)cc3)[C@@H]2C)c(C)cc1Cl. The fraction of sp³-hybridized carbons (Fsp3) is 0.240. The molecule has 0 aromatic heterocycles. The third-order valence-corrected chi connectivity index (χ3v) is 8.80. The number of nitrogens with one attached hydrogen (secondary N) is 1. The molecule has 184 valence electrons. The first kappa shape index (κ1) is 26.3. The molecule has 0 saturated heterocycles. The van der Waals surface area contributed by atoms with Gasteiger partial charge in [0.15, 0.2) is 0 Å². The van der Waals surface area contributed by atoms with Crippen LogP contribution in [0.1, 0.15) is 29.7 Å². The Hall–Kier alpha value is -1.80. The molecule has 2 atom stereocenters. The second-order valence-corrected chi connectivity index (χ2v) is 11.9. The van der Waals surface area contributed by atoms with E-state index in [0.717, 1.165) is 5.56 Å². The highest BCUT2D eigenvalue weighted by Crippen LogP contribution is 2.42. The van der Waals surface area contributed by atoms with Crippen LogP contribution in [0.25, 0.3) is 0 Å². The molecule has 35 heavy (non-hydrogen) atoms. The molecule has 0 radical (unpaired) electrons. The van der Waals surface area contributed by atoms with Crippen molar-refractivity contribution in [3.63, 3.8) is 0 Å². The monoisotopic (exact) mass is 569 g/mol. The number of rotatable bonds is 6. The maximum absolute atomic E-state index is 13.1. The summed E-state index contributed by atoms with van der Waals surface area (Å²) in [6.07, 6.45) is 0. The summed E-state index contributed by atoms with van der Waals surface area (Å²) in [6, 6.07) is 15.7. The summed E-state index contributed by atoms with van der Waals surface area (Å²) in [5, 5.41) is 8.72. The van der Waals surface area contributed by atoms with Crippen LogP contribution < -0.4 is 9.73 Å². The topological polar surface area (TPSA) is 61.8 Å². The van der Waals surface area contributed by atoms with Gasteiger partial charge in [0.2, 0.25) is 10.0 Å². The molecule has 1 N–H and O–H groups in total. The minimum absolute atomic E-state index is 0.0381. The van der Waals surface area contributed by atoms with E-state index in [9.17, 15) is 8.42 Å². The minimum atomic E-state index is -3.79. The molecule has 0 amide bonds. The highest BCUT2D eigenvalue weighted by atomic mass is 35.5. The molecule has 1 aliphatic rings. The second-order valence-electron chi connectivity index (χ2n) is 8.51. The summed E-state index contributed by atoms with van der Waals surface area (Å²) in [7, 11) is -3.79. The number of hydrogen-bond donors (Lipinski definition) is 1. The van der Waals surface area contributed by atoms with Crippen molar-refractivity contribution in [1.82, 2.24) is 4.72 Å². The number of hydrazone groups is 1. The Bertz CT molecular complexity index is 1410. The van der Waals surface area contributed by atoms with Crippen LogP contribution in [-0.4, -0.2) is 20.7 Å². The lowest BCUT2D eigenvalue weighted by Gasteiger charge is -2.28. The Balaban J connectivity index is 1.68. The fourth-order valence-corrected chi connectivity index (χ4v) is 6.28. The van der Waals surface area contributed by atoms with Gasteiger partial charge in [-0.05, 0) is 73.0 Å². The largest absolute Gasteiger partial charge is 0.256 e. The summed E-state index contributed by atoms with van der Waals surface area (Å²) in [6.45, 7) is 5.54. The van der Waals surface area contributed by atoms with Crippen LogP contribution in [0, 0.1) is 19.8 Å². The van der Waals surface area contributed by atoms with Crippen molar-refractivity contribution < 1.29 is 8.42 Å². The van der Waals surface area contributed by atoms with Gasteiger partial charge in [0.05, 0.1) is 33.9 Å². The highest BCUT2D eigenvalue weighted by molar-refractivity contribution is 7.89. The van der Waals surface area contributed by atoms with Gasteiger partial charge in [-0.2, -0.15) is 5.10 Å². The Kier molecular flexibility index (Phi) is 7.72. The van der Waals surface area contributed by atoms with Crippen LogP contribution in [0.2, 0.25) is 20.1 Å². The summed E-state index contributed by atoms with van der Waals surface area (Å²) < 4.78 is 29.0. The van der Waals surface area contributed by atoms with Crippen molar-refractivity contribution in [2.45, 2.75) is 31.7 Å². The number of halogens is 4. The van der Waals surface area contributed by atoms with Crippen molar-refractivity contribution in [3.05, 3.63) is 91.4 Å². The van der Waals surface area contributed by atoms with Crippen molar-refractivity contribution in [2.75, 3.05) is 11.6 Å². The lowest BCUT2D eigenvalue weighted by molar-refractivity contribution is 0.578. The number of sulfonamides is 1. The number of aryl methyl sites for hydroxylation is 2. The van der Waals surface area contributed by atoms with Gasteiger partial charge in [-0.1, -0.05) is 65.5 Å². The lowest BCUT2D eigenvalue weighted by Crippen LogP contribution is -2.32. The van der Waals surface area contributed by atoms with Crippen molar-refractivity contribution in [1.29, 1.82) is 0 Å². The van der Waals surface area contributed by atoms with Gasteiger partial charge in [-0.15, -0.1) is 0 Å². The highest BCUT2D eigenvalue weighted by Gasteiger charge is 2.37. The van der Waals surface area contributed by atoms with E-state index in [1.807, 2.05) is 36.2 Å². The molecule has 0 aliphatic carbocycles. The zero-order chi connectivity index (χ0) is 25.5. The van der Waals surface area contributed by atoms with E-state index in [0.29, 0.717) is 42.6 Å². The van der Waals surface area contributed by atoms with Gasteiger partial charge in [0, 0.05) is 21.0 Å². The Morgan fingerprint density at radius 2 is 1.54 bits per heavy atom. The fourth-order valence-electron chi connectivity index (χ4n) is 4.13. The number of benzene rings is 3. The molecule has 0 spiro atoms. The van der Waals surface area contributed by atoms with E-state index >= 15 is 0 Å². The first-order valence-electron chi connectivity index (χ1n) is 10.8. The van der Waals surface area contributed by atoms with Crippen LogP contribution in [0.3, 0.4) is 0 Å². The second kappa shape index (κ2) is 10.3. The van der Waals surface area contributed by atoms with Crippen LogP contribution >= 0.6 is 46.4 Å². The molecule has 0 bridgehead atoms. The molecule has 3 aromatic rings. The van der Waals surface area contributed by atoms with Crippen molar-refractivity contribution in [2.24, 2.45) is 11.0 Å². The van der Waals surface area contributed by atoms with Gasteiger partial charge >= 0.3 is 0 Å². The molecule has 4 rings (SSSR count). The van der Waals surface area contributed by atoms with Gasteiger partial charge in [-0.3, -0.25) is 5.01 Å². The zero-order valence-corrected chi connectivity index (χ0v) is 23.0. The predicted octanol–water partition coefficient (Wildman–Crippen LogP) is 7.45. The molecular formula is C25H23Cl4N3O2S. The van der Waals surface area contributed by atoms with Crippen LogP contribution in [0.15, 0.2) is 64.6 Å². The molecule has 3 aromatic carbocycles. The summed E-state index contributed by atoms with van der Waals surface area (Å²) >= 11 is 24.9. The van der Waals surface area contributed by atoms with Gasteiger partial charge in [0.1, 0.15) is 0 Å². The standard InChI is InChI=1S/C25H23Cl4N3O2S/c1-14-11-24(15(2)10-20(14)28)35(33,34)30-13-22-16(3)25(17-4-6-18(26)7-5-17)32(31-22)23-9-8-19(27)12-21(23)29/h4-12,16,25,30H,13H2,1-3H3/t16-,25+/m1/s1. The van der Waals surface area contributed by atoms with Crippen molar-refractivity contribution in [3.8, 4) is 0 Å². The van der Waals surface area contributed by atoms with Crippen LogP contribution in [-0.2, 0) is 10.0 Å². The van der Waals surface area contributed by atoms with E-state index < -0.39 is 10.0 Å². The summed E-state index contributed by atoms with van der Waals surface area (Å²) in [4.78, 5) is 0.192. The van der Waals surface area contributed by atoms with Gasteiger partial charge in [-0.25, -0.2) is 13.1 Å². The first-order chi connectivity index (χ1) is 16.5. The minimum Gasteiger partial charge on any atom is -0.256 e. The third-order valence-electron chi connectivity index (χ3n) is 6.06. The molecule has 0 fully saturated rings. The smallest absolute Gasteiger partial charge is 0.241 e. The molecule has 10 heteroatoms. The summed E-state index contributed by atoms with van der Waals surface area (Å²) in [5.41, 5.74) is 3.57. The van der Waals surface area contributed by atoms with E-state index in [4.69, 9.17) is 51.5 Å². The number of hydrogen-bond acceptors (Lipinski definition) is 4.